The summed E-state index contributed by atoms with van der Waals surface area (Å²) in [6, 6.07) is 0. The third-order valence-corrected chi connectivity index (χ3v) is 2.79. The second-order valence-electron chi connectivity index (χ2n) is 6.48. The number of hydrogen-bond donors (Lipinski definition) is 0. The molecule has 0 amide bonds. The zero-order valence-electron chi connectivity index (χ0n) is 12.7. The molecular formula is C15H28O3. The first-order valence-corrected chi connectivity index (χ1v) is 6.84. The predicted molar refractivity (Wildman–Crippen MR) is 73.3 cm³/mol. The SMILES string of the molecule is C=C(C[C@H]1C[C@@H](CC)OC(C)(C)O1)OC(C)(C)C. The van der Waals surface area contributed by atoms with Crippen LogP contribution in [0.25, 0.3) is 0 Å². The molecule has 2 atom stereocenters. The molecule has 0 aliphatic carbocycles. The third-order valence-electron chi connectivity index (χ3n) is 2.79. The van der Waals surface area contributed by atoms with Gasteiger partial charge < -0.3 is 14.2 Å². The van der Waals surface area contributed by atoms with E-state index >= 15 is 0 Å². The summed E-state index contributed by atoms with van der Waals surface area (Å²) in [7, 11) is 0. The molecule has 1 heterocycles. The predicted octanol–water partition coefficient (Wildman–Crippen LogP) is 4.03. The van der Waals surface area contributed by atoms with Crippen molar-refractivity contribution < 1.29 is 14.2 Å². The van der Waals surface area contributed by atoms with Crippen LogP contribution in [0.5, 0.6) is 0 Å². The molecule has 1 aliphatic heterocycles. The molecule has 0 aromatic heterocycles. The zero-order valence-corrected chi connectivity index (χ0v) is 12.7. The first-order chi connectivity index (χ1) is 8.11. The molecule has 0 radical (unpaired) electrons. The minimum Gasteiger partial charge on any atom is -0.493 e. The molecule has 0 unspecified atom stereocenters. The van der Waals surface area contributed by atoms with Crippen molar-refractivity contribution in [2.45, 2.75) is 84.4 Å². The molecule has 0 saturated carbocycles. The Balaban J connectivity index is 2.53. The van der Waals surface area contributed by atoms with Gasteiger partial charge in [-0.3, -0.25) is 0 Å². The molecule has 18 heavy (non-hydrogen) atoms. The molecule has 0 aromatic carbocycles. The van der Waals surface area contributed by atoms with Gasteiger partial charge in [-0.15, -0.1) is 0 Å². The van der Waals surface area contributed by atoms with E-state index in [2.05, 4.69) is 13.5 Å². The van der Waals surface area contributed by atoms with Crippen molar-refractivity contribution in [2.24, 2.45) is 0 Å². The Bertz CT molecular complexity index is 289. The Morgan fingerprint density at radius 3 is 2.33 bits per heavy atom. The standard InChI is InChI=1S/C15H28O3/c1-8-12-10-13(18-15(6,7)17-12)9-11(2)16-14(3,4)5/h12-13H,2,8-10H2,1,3-7H3/t12-,13+/m1/s1. The van der Waals surface area contributed by atoms with Crippen molar-refractivity contribution in [3.8, 4) is 0 Å². The topological polar surface area (TPSA) is 27.7 Å². The van der Waals surface area contributed by atoms with Crippen molar-refractivity contribution in [3.05, 3.63) is 12.3 Å². The van der Waals surface area contributed by atoms with Gasteiger partial charge in [0, 0.05) is 12.8 Å². The van der Waals surface area contributed by atoms with Gasteiger partial charge in [0.2, 0.25) is 0 Å². The molecule has 1 saturated heterocycles. The van der Waals surface area contributed by atoms with Crippen LogP contribution in [0.3, 0.4) is 0 Å². The van der Waals surface area contributed by atoms with E-state index in [1.165, 1.54) is 0 Å². The second-order valence-corrected chi connectivity index (χ2v) is 6.48. The van der Waals surface area contributed by atoms with Crippen LogP contribution < -0.4 is 0 Å². The van der Waals surface area contributed by atoms with Crippen LogP contribution in [0, 0.1) is 0 Å². The second kappa shape index (κ2) is 5.62. The molecule has 1 rings (SSSR count). The highest BCUT2D eigenvalue weighted by Gasteiger charge is 2.35. The molecule has 3 nitrogen and oxygen atoms in total. The number of ether oxygens (including phenoxy) is 3. The maximum atomic E-state index is 5.93. The van der Waals surface area contributed by atoms with Gasteiger partial charge in [-0.1, -0.05) is 13.5 Å². The highest BCUT2D eigenvalue weighted by molar-refractivity contribution is 4.91. The van der Waals surface area contributed by atoms with E-state index in [0.29, 0.717) is 0 Å². The van der Waals surface area contributed by atoms with Gasteiger partial charge in [0.15, 0.2) is 5.79 Å². The summed E-state index contributed by atoms with van der Waals surface area (Å²) < 4.78 is 17.5. The summed E-state index contributed by atoms with van der Waals surface area (Å²) in [4.78, 5) is 0. The highest BCUT2D eigenvalue weighted by atomic mass is 16.7. The summed E-state index contributed by atoms with van der Waals surface area (Å²) in [6.07, 6.45) is 3.05. The van der Waals surface area contributed by atoms with Gasteiger partial charge in [-0.25, -0.2) is 0 Å². The van der Waals surface area contributed by atoms with Crippen molar-refractivity contribution in [3.63, 3.8) is 0 Å². The lowest BCUT2D eigenvalue weighted by Gasteiger charge is -2.41. The van der Waals surface area contributed by atoms with E-state index < -0.39 is 5.79 Å². The van der Waals surface area contributed by atoms with Crippen LogP contribution in [0.2, 0.25) is 0 Å². The van der Waals surface area contributed by atoms with Gasteiger partial charge in [-0.05, 0) is 41.0 Å². The molecule has 0 bridgehead atoms. The fraction of sp³-hybridized carbons (Fsp3) is 0.867. The van der Waals surface area contributed by atoms with E-state index in [0.717, 1.165) is 25.0 Å². The summed E-state index contributed by atoms with van der Waals surface area (Å²) in [5.41, 5.74) is -0.193. The maximum Gasteiger partial charge on any atom is 0.163 e. The highest BCUT2D eigenvalue weighted by Crippen LogP contribution is 2.31. The lowest BCUT2D eigenvalue weighted by Crippen LogP contribution is -2.44. The molecule has 1 aliphatic rings. The summed E-state index contributed by atoms with van der Waals surface area (Å²) in [5.74, 6) is 0.283. The summed E-state index contributed by atoms with van der Waals surface area (Å²) in [5, 5.41) is 0. The van der Waals surface area contributed by atoms with E-state index in [-0.39, 0.29) is 17.8 Å². The average Bonchev–Trinajstić information content (AvgIpc) is 2.11. The largest absolute Gasteiger partial charge is 0.493 e. The van der Waals surface area contributed by atoms with Gasteiger partial charge in [-0.2, -0.15) is 0 Å². The van der Waals surface area contributed by atoms with Crippen LogP contribution in [0.4, 0.5) is 0 Å². The summed E-state index contributed by atoms with van der Waals surface area (Å²) in [6.45, 7) is 16.2. The summed E-state index contributed by atoms with van der Waals surface area (Å²) >= 11 is 0. The third kappa shape index (κ3) is 5.40. The Kier molecular flexibility index (Phi) is 4.84. The van der Waals surface area contributed by atoms with Crippen molar-refractivity contribution in [1.82, 2.24) is 0 Å². The molecular weight excluding hydrogens is 228 g/mol. The van der Waals surface area contributed by atoms with E-state index in [1.807, 2.05) is 34.6 Å². The Morgan fingerprint density at radius 1 is 1.28 bits per heavy atom. The van der Waals surface area contributed by atoms with Gasteiger partial charge >= 0.3 is 0 Å². The normalized spacial score (nSPS) is 27.9. The van der Waals surface area contributed by atoms with E-state index in [1.54, 1.807) is 0 Å². The minimum atomic E-state index is -0.508. The maximum absolute atomic E-state index is 5.93. The molecule has 3 heteroatoms. The van der Waals surface area contributed by atoms with Crippen molar-refractivity contribution >= 4 is 0 Å². The minimum absolute atomic E-state index is 0.133. The quantitative estimate of drug-likeness (QED) is 0.711. The smallest absolute Gasteiger partial charge is 0.163 e. The molecule has 0 N–H and O–H groups in total. The fourth-order valence-corrected chi connectivity index (χ4v) is 2.32. The number of rotatable bonds is 4. The Labute approximate surface area is 111 Å². The molecule has 106 valence electrons. The fourth-order valence-electron chi connectivity index (χ4n) is 2.32. The first kappa shape index (κ1) is 15.5. The monoisotopic (exact) mass is 256 g/mol. The van der Waals surface area contributed by atoms with Crippen molar-refractivity contribution in [1.29, 1.82) is 0 Å². The van der Waals surface area contributed by atoms with Crippen LogP contribution in [-0.2, 0) is 14.2 Å². The van der Waals surface area contributed by atoms with Crippen LogP contribution >= 0.6 is 0 Å². The van der Waals surface area contributed by atoms with Crippen LogP contribution in [-0.4, -0.2) is 23.6 Å². The molecule has 0 aromatic rings. The van der Waals surface area contributed by atoms with Gasteiger partial charge in [0.1, 0.15) is 5.60 Å². The number of hydrogen-bond acceptors (Lipinski definition) is 3. The molecule has 0 spiro atoms. The van der Waals surface area contributed by atoms with Crippen LogP contribution in [0.1, 0.15) is 60.8 Å². The van der Waals surface area contributed by atoms with Crippen LogP contribution in [0.15, 0.2) is 12.3 Å². The van der Waals surface area contributed by atoms with Gasteiger partial charge in [0.05, 0.1) is 18.0 Å². The average molecular weight is 256 g/mol. The first-order valence-electron chi connectivity index (χ1n) is 6.84. The van der Waals surface area contributed by atoms with E-state index in [9.17, 15) is 0 Å². The Morgan fingerprint density at radius 2 is 1.83 bits per heavy atom. The van der Waals surface area contributed by atoms with Crippen molar-refractivity contribution in [2.75, 3.05) is 0 Å². The Hall–Kier alpha value is -0.540. The molecule has 1 fully saturated rings. The van der Waals surface area contributed by atoms with E-state index in [4.69, 9.17) is 14.2 Å². The zero-order chi connectivity index (χ0) is 14.0. The lowest BCUT2D eigenvalue weighted by molar-refractivity contribution is -0.300. The lowest BCUT2D eigenvalue weighted by atomic mass is 10.0. The van der Waals surface area contributed by atoms with Gasteiger partial charge in [0.25, 0.3) is 0 Å².